The Kier molecular flexibility index (Phi) is 3.11. The maximum absolute atomic E-state index is 12.9. The van der Waals surface area contributed by atoms with Crippen LogP contribution in [0.15, 0.2) is 0 Å². The van der Waals surface area contributed by atoms with Crippen LogP contribution in [0.25, 0.3) is 0 Å². The molecule has 0 aromatic carbocycles. The molecule has 0 spiro atoms. The molecule has 84 valence electrons. The van der Waals surface area contributed by atoms with Crippen molar-refractivity contribution >= 4 is 0 Å². The summed E-state index contributed by atoms with van der Waals surface area (Å²) in [7, 11) is 0. The van der Waals surface area contributed by atoms with Crippen LogP contribution in [0.4, 0.5) is 13.2 Å². The van der Waals surface area contributed by atoms with E-state index in [0.29, 0.717) is 13.1 Å². The SMILES string of the molecule is CC(C)N1CCNCC1(C)C(F)(F)F. The van der Waals surface area contributed by atoms with Gasteiger partial charge in [-0.05, 0) is 20.8 Å². The van der Waals surface area contributed by atoms with Gasteiger partial charge in [0, 0.05) is 25.7 Å². The molecule has 1 fully saturated rings. The molecule has 0 saturated carbocycles. The number of nitrogens with one attached hydrogen (secondary N) is 1. The molecule has 5 heteroatoms. The molecule has 2 nitrogen and oxygen atoms in total. The Morgan fingerprint density at radius 1 is 1.36 bits per heavy atom. The van der Waals surface area contributed by atoms with E-state index in [1.807, 2.05) is 0 Å². The molecule has 1 heterocycles. The van der Waals surface area contributed by atoms with Crippen molar-refractivity contribution in [2.75, 3.05) is 19.6 Å². The van der Waals surface area contributed by atoms with E-state index >= 15 is 0 Å². The summed E-state index contributed by atoms with van der Waals surface area (Å²) in [6.07, 6.45) is -4.18. The minimum atomic E-state index is -4.18. The fourth-order valence-electron chi connectivity index (χ4n) is 1.97. The van der Waals surface area contributed by atoms with Crippen LogP contribution in [0.5, 0.6) is 0 Å². The van der Waals surface area contributed by atoms with Gasteiger partial charge in [-0.1, -0.05) is 0 Å². The van der Waals surface area contributed by atoms with E-state index < -0.39 is 11.7 Å². The van der Waals surface area contributed by atoms with Gasteiger partial charge in [0.15, 0.2) is 0 Å². The summed E-state index contributed by atoms with van der Waals surface area (Å²) < 4.78 is 38.6. The van der Waals surface area contributed by atoms with E-state index in [4.69, 9.17) is 0 Å². The summed E-state index contributed by atoms with van der Waals surface area (Å²) in [4.78, 5) is 1.52. The highest BCUT2D eigenvalue weighted by Gasteiger charge is 2.56. The van der Waals surface area contributed by atoms with E-state index in [1.54, 1.807) is 13.8 Å². The number of piperazine rings is 1. The third-order valence-electron chi connectivity index (χ3n) is 2.87. The highest BCUT2D eigenvalue weighted by atomic mass is 19.4. The van der Waals surface area contributed by atoms with E-state index in [1.165, 1.54) is 11.8 Å². The molecule has 1 saturated heterocycles. The van der Waals surface area contributed by atoms with Crippen molar-refractivity contribution in [1.82, 2.24) is 10.2 Å². The third-order valence-corrected chi connectivity index (χ3v) is 2.87. The second-order valence-corrected chi connectivity index (χ2v) is 4.24. The summed E-state index contributed by atoms with van der Waals surface area (Å²) in [5.74, 6) is 0. The molecular formula is C9H17F3N2. The number of nitrogens with zero attached hydrogens (tertiary/aromatic N) is 1. The van der Waals surface area contributed by atoms with Gasteiger partial charge in [-0.15, -0.1) is 0 Å². The maximum atomic E-state index is 12.9. The number of alkyl halides is 3. The normalized spacial score (nSPS) is 31.1. The zero-order chi connectivity index (χ0) is 11.0. The van der Waals surface area contributed by atoms with Crippen molar-refractivity contribution in [2.45, 2.75) is 38.5 Å². The Hall–Kier alpha value is -0.290. The second-order valence-electron chi connectivity index (χ2n) is 4.24. The Bertz CT molecular complexity index is 203. The molecule has 0 aliphatic carbocycles. The fraction of sp³-hybridized carbons (Fsp3) is 1.00. The van der Waals surface area contributed by atoms with E-state index in [9.17, 15) is 13.2 Å². The average Bonchev–Trinajstić information content (AvgIpc) is 2.02. The molecule has 1 aliphatic heterocycles. The van der Waals surface area contributed by atoms with Gasteiger partial charge in [0.05, 0.1) is 0 Å². The van der Waals surface area contributed by atoms with Gasteiger partial charge in [0.1, 0.15) is 5.54 Å². The van der Waals surface area contributed by atoms with Crippen molar-refractivity contribution in [3.05, 3.63) is 0 Å². The lowest BCUT2D eigenvalue weighted by Crippen LogP contribution is -2.68. The maximum Gasteiger partial charge on any atom is 0.407 e. The molecule has 0 bridgehead atoms. The molecule has 1 rings (SSSR count). The first-order chi connectivity index (χ1) is 6.29. The topological polar surface area (TPSA) is 15.3 Å². The van der Waals surface area contributed by atoms with E-state index in [0.717, 1.165) is 0 Å². The second kappa shape index (κ2) is 3.70. The van der Waals surface area contributed by atoms with Crippen LogP contribution in [0.1, 0.15) is 20.8 Å². The molecule has 1 unspecified atom stereocenters. The highest BCUT2D eigenvalue weighted by molar-refractivity contribution is 4.99. The molecule has 0 aromatic rings. The van der Waals surface area contributed by atoms with Gasteiger partial charge in [-0.3, -0.25) is 4.90 Å². The molecule has 1 atom stereocenters. The predicted octanol–water partition coefficient (Wildman–Crippen LogP) is 1.62. The minimum absolute atomic E-state index is 0.0192. The Balaban J connectivity index is 2.91. The van der Waals surface area contributed by atoms with Crippen LogP contribution >= 0.6 is 0 Å². The lowest BCUT2D eigenvalue weighted by Gasteiger charge is -2.48. The van der Waals surface area contributed by atoms with Crippen LogP contribution in [-0.4, -0.2) is 42.3 Å². The number of rotatable bonds is 1. The zero-order valence-electron chi connectivity index (χ0n) is 8.78. The Morgan fingerprint density at radius 3 is 2.29 bits per heavy atom. The van der Waals surface area contributed by atoms with Gasteiger partial charge >= 0.3 is 6.18 Å². The van der Waals surface area contributed by atoms with Gasteiger partial charge in [0.25, 0.3) is 0 Å². The van der Waals surface area contributed by atoms with Crippen molar-refractivity contribution in [3.8, 4) is 0 Å². The molecule has 14 heavy (non-hydrogen) atoms. The number of halogens is 3. The van der Waals surface area contributed by atoms with Crippen LogP contribution in [0.3, 0.4) is 0 Å². The summed E-state index contributed by atoms with van der Waals surface area (Å²) in [6.45, 7) is 5.93. The lowest BCUT2D eigenvalue weighted by atomic mass is 9.95. The van der Waals surface area contributed by atoms with Gasteiger partial charge in [-0.25, -0.2) is 0 Å². The summed E-state index contributed by atoms with van der Waals surface area (Å²) in [5, 5.41) is 2.81. The molecule has 0 amide bonds. The third kappa shape index (κ3) is 1.88. The van der Waals surface area contributed by atoms with Crippen molar-refractivity contribution < 1.29 is 13.2 Å². The van der Waals surface area contributed by atoms with Crippen molar-refractivity contribution in [2.24, 2.45) is 0 Å². The van der Waals surface area contributed by atoms with Crippen LogP contribution in [0.2, 0.25) is 0 Å². The molecular weight excluding hydrogens is 193 g/mol. The summed E-state index contributed by atoms with van der Waals surface area (Å²) in [6, 6.07) is -0.0799. The number of hydrogen-bond donors (Lipinski definition) is 1. The predicted molar refractivity (Wildman–Crippen MR) is 49.2 cm³/mol. The van der Waals surface area contributed by atoms with Gasteiger partial charge in [-0.2, -0.15) is 13.2 Å². The zero-order valence-corrected chi connectivity index (χ0v) is 8.78. The van der Waals surface area contributed by atoms with Crippen LogP contribution in [-0.2, 0) is 0 Å². The quantitative estimate of drug-likeness (QED) is 0.707. The van der Waals surface area contributed by atoms with E-state index in [-0.39, 0.29) is 12.6 Å². The first kappa shape index (κ1) is 11.8. The average molecular weight is 210 g/mol. The minimum Gasteiger partial charge on any atom is -0.313 e. The van der Waals surface area contributed by atoms with Crippen molar-refractivity contribution in [1.29, 1.82) is 0 Å². The van der Waals surface area contributed by atoms with Crippen molar-refractivity contribution in [3.63, 3.8) is 0 Å². The Morgan fingerprint density at radius 2 is 1.93 bits per heavy atom. The van der Waals surface area contributed by atoms with Crippen LogP contribution in [0, 0.1) is 0 Å². The summed E-state index contributed by atoms with van der Waals surface area (Å²) >= 11 is 0. The largest absolute Gasteiger partial charge is 0.407 e. The molecule has 1 N–H and O–H groups in total. The van der Waals surface area contributed by atoms with Gasteiger partial charge < -0.3 is 5.32 Å². The first-order valence-electron chi connectivity index (χ1n) is 4.83. The monoisotopic (exact) mass is 210 g/mol. The lowest BCUT2D eigenvalue weighted by molar-refractivity contribution is -0.235. The standard InChI is InChI=1S/C9H17F3N2/c1-7(2)14-5-4-13-6-8(14,3)9(10,11)12/h7,13H,4-6H2,1-3H3. The molecule has 0 radical (unpaired) electrons. The van der Waals surface area contributed by atoms with Gasteiger partial charge in [0.2, 0.25) is 0 Å². The smallest absolute Gasteiger partial charge is 0.313 e. The molecule has 0 aromatic heterocycles. The van der Waals surface area contributed by atoms with E-state index in [2.05, 4.69) is 5.32 Å². The van der Waals surface area contributed by atoms with Crippen LogP contribution < -0.4 is 5.32 Å². The first-order valence-corrected chi connectivity index (χ1v) is 4.83. The summed E-state index contributed by atoms with van der Waals surface area (Å²) in [5.41, 5.74) is -1.72. The highest BCUT2D eigenvalue weighted by Crippen LogP contribution is 2.37. The number of hydrogen-bond acceptors (Lipinski definition) is 2. The molecule has 1 aliphatic rings. The fourth-order valence-corrected chi connectivity index (χ4v) is 1.97. The Labute approximate surface area is 82.5 Å².